The third kappa shape index (κ3) is 3.94. The zero-order valence-corrected chi connectivity index (χ0v) is 16.1. The van der Waals surface area contributed by atoms with Crippen LogP contribution in [-0.2, 0) is 32.7 Å². The number of likely N-dealkylation sites (N-methyl/N-ethyl adjacent to an activating group) is 1. The van der Waals surface area contributed by atoms with Gasteiger partial charge in [0.15, 0.2) is 0 Å². The van der Waals surface area contributed by atoms with Crippen molar-refractivity contribution in [1.82, 2.24) is 4.90 Å². The number of hydrogen-bond acceptors (Lipinski definition) is 2. The molecule has 0 fully saturated rings. The van der Waals surface area contributed by atoms with Gasteiger partial charge in [0, 0.05) is 39.8 Å². The molecule has 0 saturated heterocycles. The maximum atomic E-state index is 14.2. The Morgan fingerprint density at radius 1 is 1.48 bits per heavy atom. The SMILES string of the molecule is C=CCOc1cccc(F)c1C1=[C-]C=C(Br)C(=C)N1C.[Y]. The first kappa shape index (κ1) is 18.3. The molecule has 0 amide bonds. The van der Waals surface area contributed by atoms with Crippen LogP contribution in [-0.4, -0.2) is 18.6 Å². The van der Waals surface area contributed by atoms with Crippen LogP contribution in [0.25, 0.3) is 5.70 Å². The fourth-order valence-electron chi connectivity index (χ4n) is 1.85. The van der Waals surface area contributed by atoms with Gasteiger partial charge in [-0.25, -0.2) is 4.39 Å². The van der Waals surface area contributed by atoms with Crippen LogP contribution in [0.3, 0.4) is 0 Å². The quantitative estimate of drug-likeness (QED) is 0.529. The Kier molecular flexibility index (Phi) is 7.05. The molecule has 1 aromatic carbocycles. The number of nitrogens with zero attached hydrogens (tertiary/aromatic N) is 1. The maximum absolute atomic E-state index is 14.2. The molecule has 5 heteroatoms. The molecule has 0 spiro atoms. The third-order valence-electron chi connectivity index (χ3n) is 2.92. The second-order valence-corrected chi connectivity index (χ2v) is 5.06. The van der Waals surface area contributed by atoms with E-state index in [0.717, 1.165) is 10.2 Å². The van der Waals surface area contributed by atoms with Gasteiger partial charge in [-0.1, -0.05) is 35.5 Å². The average molecular weight is 424 g/mol. The first-order chi connectivity index (χ1) is 9.56. The van der Waals surface area contributed by atoms with Crippen LogP contribution >= 0.6 is 15.9 Å². The molecule has 21 heavy (non-hydrogen) atoms. The van der Waals surface area contributed by atoms with Gasteiger partial charge in [0.1, 0.15) is 6.61 Å². The number of halogens is 2. The molecule has 0 atom stereocenters. The zero-order chi connectivity index (χ0) is 14.7. The van der Waals surface area contributed by atoms with Gasteiger partial charge < -0.3 is 9.64 Å². The van der Waals surface area contributed by atoms with Gasteiger partial charge in [0.05, 0.1) is 11.6 Å². The molecule has 0 bridgehead atoms. The Labute approximate surface area is 158 Å². The Morgan fingerprint density at radius 3 is 2.86 bits per heavy atom. The molecule has 0 aromatic heterocycles. The van der Waals surface area contributed by atoms with Crippen LogP contribution in [0.15, 0.2) is 53.7 Å². The van der Waals surface area contributed by atoms with Crippen molar-refractivity contribution in [2.75, 3.05) is 13.7 Å². The summed E-state index contributed by atoms with van der Waals surface area (Å²) in [6.45, 7) is 7.85. The normalized spacial score (nSPS) is 14.0. The largest absolute Gasteiger partial charge is 0.502 e. The predicted octanol–water partition coefficient (Wildman–Crippen LogP) is 4.27. The van der Waals surface area contributed by atoms with Crippen LogP contribution in [0, 0.1) is 11.9 Å². The summed E-state index contributed by atoms with van der Waals surface area (Å²) < 4.78 is 20.5. The first-order valence-electron chi connectivity index (χ1n) is 6.01. The van der Waals surface area contributed by atoms with Crippen molar-refractivity contribution in [2.24, 2.45) is 0 Å². The zero-order valence-electron chi connectivity index (χ0n) is 11.7. The van der Waals surface area contributed by atoms with Crippen molar-refractivity contribution in [3.05, 3.63) is 71.1 Å². The van der Waals surface area contributed by atoms with Crippen LogP contribution in [0.4, 0.5) is 4.39 Å². The smallest absolute Gasteiger partial charge is 0.105 e. The second kappa shape index (κ2) is 8.07. The summed E-state index contributed by atoms with van der Waals surface area (Å²) in [5.74, 6) is 0.0959. The molecular formula is C16H14BrFNOY-. The molecule has 1 radical (unpaired) electrons. The Balaban J connectivity index is 0.00000220. The van der Waals surface area contributed by atoms with Gasteiger partial charge in [-0.2, -0.15) is 12.2 Å². The summed E-state index contributed by atoms with van der Waals surface area (Å²) in [4.78, 5) is 1.77. The van der Waals surface area contributed by atoms with Gasteiger partial charge in [-0.3, -0.25) is 0 Å². The van der Waals surface area contributed by atoms with E-state index in [0.29, 0.717) is 23.6 Å². The molecule has 1 aromatic rings. The Hall–Kier alpha value is -0.706. The van der Waals surface area contributed by atoms with E-state index in [4.69, 9.17) is 4.74 Å². The van der Waals surface area contributed by atoms with E-state index in [9.17, 15) is 4.39 Å². The third-order valence-corrected chi connectivity index (χ3v) is 3.61. The summed E-state index contributed by atoms with van der Waals surface area (Å²) in [5.41, 5.74) is 1.68. The fraction of sp³-hybridized carbons (Fsp3) is 0.125. The van der Waals surface area contributed by atoms with Crippen LogP contribution in [0.2, 0.25) is 0 Å². The minimum Gasteiger partial charge on any atom is -0.502 e. The summed E-state index contributed by atoms with van der Waals surface area (Å²) in [5, 5.41) is 0. The number of benzene rings is 1. The molecule has 1 heterocycles. The molecule has 1 aliphatic heterocycles. The Bertz CT molecular complexity index is 625. The van der Waals surface area contributed by atoms with Crippen LogP contribution < -0.4 is 4.74 Å². The molecule has 0 N–H and O–H groups in total. The van der Waals surface area contributed by atoms with Gasteiger partial charge in [0.25, 0.3) is 0 Å². The second-order valence-electron chi connectivity index (χ2n) is 4.20. The summed E-state index contributed by atoms with van der Waals surface area (Å²) in [7, 11) is 1.81. The van der Waals surface area contributed by atoms with Crippen molar-refractivity contribution in [2.45, 2.75) is 0 Å². The van der Waals surface area contributed by atoms with E-state index in [-0.39, 0.29) is 38.5 Å². The molecule has 0 saturated carbocycles. The van der Waals surface area contributed by atoms with E-state index >= 15 is 0 Å². The van der Waals surface area contributed by atoms with Crippen molar-refractivity contribution >= 4 is 21.6 Å². The molecule has 0 aliphatic carbocycles. The molecule has 2 rings (SSSR count). The van der Waals surface area contributed by atoms with Gasteiger partial charge in [-0.05, 0) is 23.4 Å². The van der Waals surface area contributed by atoms with Gasteiger partial charge in [0.2, 0.25) is 0 Å². The van der Waals surface area contributed by atoms with E-state index < -0.39 is 0 Å². The molecular weight excluding hydrogens is 410 g/mol. The molecule has 107 valence electrons. The van der Waals surface area contributed by atoms with E-state index in [1.54, 1.807) is 29.2 Å². The minimum atomic E-state index is -0.361. The van der Waals surface area contributed by atoms with Crippen LogP contribution in [0.5, 0.6) is 5.75 Å². The summed E-state index contributed by atoms with van der Waals surface area (Å²) >= 11 is 3.38. The monoisotopic (exact) mass is 423 g/mol. The van der Waals surface area contributed by atoms with Crippen molar-refractivity contribution in [3.8, 4) is 5.75 Å². The number of rotatable bonds is 4. The number of hydrogen-bond donors (Lipinski definition) is 0. The predicted molar refractivity (Wildman–Crippen MR) is 82.7 cm³/mol. The minimum absolute atomic E-state index is 0. The van der Waals surface area contributed by atoms with Gasteiger partial charge in [-0.15, -0.1) is 15.9 Å². The van der Waals surface area contributed by atoms with Crippen molar-refractivity contribution in [3.63, 3.8) is 0 Å². The van der Waals surface area contributed by atoms with E-state index in [2.05, 4.69) is 35.2 Å². The van der Waals surface area contributed by atoms with E-state index in [1.807, 2.05) is 7.05 Å². The topological polar surface area (TPSA) is 12.5 Å². The fourth-order valence-corrected chi connectivity index (χ4v) is 2.23. The Morgan fingerprint density at radius 2 is 2.19 bits per heavy atom. The standard InChI is InChI=1S/C16H14BrFNO.Y/c1-4-10-20-15-7-5-6-13(18)16(15)14-9-8-12(17)11(2)19(14)3;/h4-8H,1-2,10H2,3H3;/q-1;. The number of allylic oxidation sites excluding steroid dienone is 3. The summed E-state index contributed by atoms with van der Waals surface area (Å²) in [6, 6.07) is 4.73. The van der Waals surface area contributed by atoms with E-state index in [1.165, 1.54) is 6.07 Å². The van der Waals surface area contributed by atoms with Gasteiger partial charge >= 0.3 is 0 Å². The molecule has 1 aliphatic rings. The average Bonchev–Trinajstić information content (AvgIpc) is 2.44. The summed E-state index contributed by atoms with van der Waals surface area (Å²) in [6.07, 6.45) is 6.39. The number of ether oxygens (including phenoxy) is 1. The van der Waals surface area contributed by atoms with Crippen LogP contribution in [0.1, 0.15) is 5.56 Å². The molecule has 0 unspecified atom stereocenters. The van der Waals surface area contributed by atoms with Crippen molar-refractivity contribution in [1.29, 1.82) is 0 Å². The van der Waals surface area contributed by atoms with Crippen molar-refractivity contribution < 1.29 is 41.8 Å². The molecule has 2 nitrogen and oxygen atoms in total. The maximum Gasteiger partial charge on any atom is 0.105 e. The first-order valence-corrected chi connectivity index (χ1v) is 6.80.